The number of hydrogen-bond acceptors (Lipinski definition) is 3. The van der Waals surface area contributed by atoms with Crippen molar-refractivity contribution in [1.29, 1.82) is 0 Å². The van der Waals surface area contributed by atoms with Gasteiger partial charge in [-0.05, 0) is 32.6 Å². The van der Waals surface area contributed by atoms with Crippen LogP contribution in [0, 0.1) is 5.92 Å². The minimum absolute atomic E-state index is 0.0602. The van der Waals surface area contributed by atoms with Gasteiger partial charge in [0.1, 0.15) is 0 Å². The molecule has 1 aliphatic carbocycles. The zero-order chi connectivity index (χ0) is 10.8. The van der Waals surface area contributed by atoms with Crippen molar-refractivity contribution in [3.05, 3.63) is 0 Å². The monoisotopic (exact) mass is 220 g/mol. The van der Waals surface area contributed by atoms with Gasteiger partial charge in [-0.3, -0.25) is 0 Å². The molecule has 1 fully saturated rings. The van der Waals surface area contributed by atoms with Crippen molar-refractivity contribution in [2.24, 2.45) is 5.92 Å². The van der Waals surface area contributed by atoms with Crippen LogP contribution in [0.25, 0.3) is 0 Å². The van der Waals surface area contributed by atoms with Crippen LogP contribution in [0.5, 0.6) is 0 Å². The largest absolute Gasteiger partial charge is 0.392 e. The summed E-state index contributed by atoms with van der Waals surface area (Å²) in [4.78, 5) is 0. The van der Waals surface area contributed by atoms with Gasteiger partial charge in [0.2, 0.25) is 0 Å². The first-order valence-electron chi connectivity index (χ1n) is 5.33. The van der Waals surface area contributed by atoms with Gasteiger partial charge in [-0.15, -0.1) is 0 Å². The van der Waals surface area contributed by atoms with Crippen molar-refractivity contribution in [2.45, 2.75) is 50.9 Å². The van der Waals surface area contributed by atoms with E-state index in [9.17, 15) is 13.5 Å². The lowest BCUT2D eigenvalue weighted by molar-refractivity contribution is 0.131. The van der Waals surface area contributed by atoms with Crippen LogP contribution in [0.3, 0.4) is 0 Å². The third-order valence-electron chi connectivity index (χ3n) is 3.07. The second-order valence-electron chi connectivity index (χ2n) is 4.49. The van der Waals surface area contributed by atoms with Crippen molar-refractivity contribution in [2.75, 3.05) is 5.75 Å². The Morgan fingerprint density at radius 1 is 1.29 bits per heavy atom. The Kier molecular flexibility index (Phi) is 3.95. The lowest BCUT2D eigenvalue weighted by atomic mass is 10.0. The molecule has 0 radical (unpaired) electrons. The van der Waals surface area contributed by atoms with Crippen LogP contribution >= 0.6 is 0 Å². The van der Waals surface area contributed by atoms with E-state index >= 15 is 0 Å². The maximum absolute atomic E-state index is 11.5. The Bertz CT molecular complexity index is 263. The van der Waals surface area contributed by atoms with Gasteiger partial charge in [0.15, 0.2) is 9.84 Å². The average Bonchev–Trinajstić information content (AvgIpc) is 2.54. The van der Waals surface area contributed by atoms with E-state index in [-0.39, 0.29) is 16.9 Å². The summed E-state index contributed by atoms with van der Waals surface area (Å²) < 4.78 is 23.1. The first kappa shape index (κ1) is 12.0. The molecule has 0 bridgehead atoms. The van der Waals surface area contributed by atoms with Gasteiger partial charge < -0.3 is 5.11 Å². The second-order valence-corrected chi connectivity index (χ2v) is 7.09. The van der Waals surface area contributed by atoms with E-state index in [2.05, 4.69) is 0 Å². The summed E-state index contributed by atoms with van der Waals surface area (Å²) in [5.41, 5.74) is 0. The van der Waals surface area contributed by atoms with Gasteiger partial charge >= 0.3 is 0 Å². The van der Waals surface area contributed by atoms with Crippen molar-refractivity contribution in [1.82, 2.24) is 0 Å². The van der Waals surface area contributed by atoms with Gasteiger partial charge in [0.05, 0.1) is 17.1 Å². The predicted molar refractivity (Wildman–Crippen MR) is 56.9 cm³/mol. The molecule has 0 unspecified atom stereocenters. The molecule has 0 aromatic carbocycles. The highest BCUT2D eigenvalue weighted by atomic mass is 32.2. The van der Waals surface area contributed by atoms with E-state index in [4.69, 9.17) is 0 Å². The van der Waals surface area contributed by atoms with Gasteiger partial charge in [-0.1, -0.05) is 12.8 Å². The van der Waals surface area contributed by atoms with Gasteiger partial charge in [0.25, 0.3) is 0 Å². The summed E-state index contributed by atoms with van der Waals surface area (Å²) in [6.07, 6.45) is 3.57. The first-order valence-corrected chi connectivity index (χ1v) is 7.04. The summed E-state index contributed by atoms with van der Waals surface area (Å²) in [5.74, 6) is 0.151. The number of aliphatic hydroxyl groups excluding tert-OH is 1. The minimum Gasteiger partial charge on any atom is -0.392 e. The summed E-state index contributed by atoms with van der Waals surface area (Å²) in [6.45, 7) is 3.33. The number of aliphatic hydroxyl groups is 1. The normalized spacial score (nSPS) is 21.7. The standard InChI is InChI=1S/C10H20O3S/c1-8(2)14(12,13)7-10(11)9-5-3-4-6-9/h8-11H,3-7H2,1-2H3/t10-/m0/s1. The lowest BCUT2D eigenvalue weighted by Crippen LogP contribution is -2.31. The smallest absolute Gasteiger partial charge is 0.155 e. The highest BCUT2D eigenvalue weighted by molar-refractivity contribution is 7.92. The Hall–Kier alpha value is -0.0900. The van der Waals surface area contributed by atoms with E-state index in [1.807, 2.05) is 0 Å². The molecule has 0 saturated heterocycles. The SMILES string of the molecule is CC(C)S(=O)(=O)C[C@H](O)C1CCCC1. The molecule has 0 aliphatic heterocycles. The zero-order valence-electron chi connectivity index (χ0n) is 8.94. The number of sulfone groups is 1. The zero-order valence-corrected chi connectivity index (χ0v) is 9.76. The molecule has 0 aromatic heterocycles. The number of hydrogen-bond donors (Lipinski definition) is 1. The van der Waals surface area contributed by atoms with Crippen molar-refractivity contribution in [3.63, 3.8) is 0 Å². The molecule has 1 atom stereocenters. The Morgan fingerprint density at radius 2 is 1.79 bits per heavy atom. The van der Waals surface area contributed by atoms with E-state index in [1.54, 1.807) is 13.8 Å². The molecule has 84 valence electrons. The average molecular weight is 220 g/mol. The molecule has 0 aromatic rings. The van der Waals surface area contributed by atoms with Gasteiger partial charge in [-0.2, -0.15) is 0 Å². The molecule has 1 saturated carbocycles. The predicted octanol–water partition coefficient (Wildman–Crippen LogP) is 1.36. The molecule has 3 nitrogen and oxygen atoms in total. The van der Waals surface area contributed by atoms with Crippen LogP contribution in [0.1, 0.15) is 39.5 Å². The lowest BCUT2D eigenvalue weighted by Gasteiger charge is -2.18. The molecular weight excluding hydrogens is 200 g/mol. The molecule has 0 amide bonds. The Labute approximate surface area is 86.4 Å². The fraction of sp³-hybridized carbons (Fsp3) is 1.00. The Balaban J connectivity index is 2.51. The van der Waals surface area contributed by atoms with Crippen LogP contribution in [0.15, 0.2) is 0 Å². The van der Waals surface area contributed by atoms with Crippen LogP contribution in [0.2, 0.25) is 0 Å². The second kappa shape index (κ2) is 4.62. The van der Waals surface area contributed by atoms with E-state index < -0.39 is 15.9 Å². The van der Waals surface area contributed by atoms with Crippen LogP contribution in [0.4, 0.5) is 0 Å². The summed E-state index contributed by atoms with van der Waals surface area (Å²) in [7, 11) is -3.08. The fourth-order valence-electron chi connectivity index (χ4n) is 1.91. The van der Waals surface area contributed by atoms with Crippen LogP contribution in [-0.2, 0) is 9.84 Å². The first-order chi connectivity index (χ1) is 6.43. The van der Waals surface area contributed by atoms with E-state index in [0.29, 0.717) is 0 Å². The van der Waals surface area contributed by atoms with Crippen molar-refractivity contribution < 1.29 is 13.5 Å². The van der Waals surface area contributed by atoms with E-state index in [1.165, 1.54) is 0 Å². The molecule has 0 spiro atoms. The van der Waals surface area contributed by atoms with Crippen LogP contribution < -0.4 is 0 Å². The third-order valence-corrected chi connectivity index (χ3v) is 5.31. The quantitative estimate of drug-likeness (QED) is 0.778. The molecule has 0 heterocycles. The molecule has 14 heavy (non-hydrogen) atoms. The van der Waals surface area contributed by atoms with E-state index in [0.717, 1.165) is 25.7 Å². The molecule has 4 heteroatoms. The number of rotatable bonds is 4. The van der Waals surface area contributed by atoms with Gasteiger partial charge in [0, 0.05) is 0 Å². The fourth-order valence-corrected chi connectivity index (χ4v) is 3.04. The summed E-state index contributed by atoms with van der Waals surface area (Å²) in [5, 5.41) is 9.38. The highest BCUT2D eigenvalue weighted by Crippen LogP contribution is 2.28. The minimum atomic E-state index is -3.08. The maximum Gasteiger partial charge on any atom is 0.155 e. The summed E-state index contributed by atoms with van der Waals surface area (Å²) in [6, 6.07) is 0. The topological polar surface area (TPSA) is 54.4 Å². The van der Waals surface area contributed by atoms with Crippen molar-refractivity contribution in [3.8, 4) is 0 Å². The molecule has 1 N–H and O–H groups in total. The molecule has 1 aliphatic rings. The molecule has 1 rings (SSSR count). The van der Waals surface area contributed by atoms with Crippen molar-refractivity contribution >= 4 is 9.84 Å². The summed E-state index contributed by atoms with van der Waals surface area (Å²) >= 11 is 0. The third kappa shape index (κ3) is 2.95. The van der Waals surface area contributed by atoms with Crippen LogP contribution in [-0.4, -0.2) is 30.6 Å². The highest BCUT2D eigenvalue weighted by Gasteiger charge is 2.28. The van der Waals surface area contributed by atoms with Gasteiger partial charge in [-0.25, -0.2) is 8.42 Å². The molecular formula is C10H20O3S. The Morgan fingerprint density at radius 3 is 2.21 bits per heavy atom. The maximum atomic E-state index is 11.5.